The molecule has 6 heteroatoms. The average Bonchev–Trinajstić information content (AvgIpc) is 2.81. The molecule has 5 nitrogen and oxygen atoms in total. The predicted molar refractivity (Wildman–Crippen MR) is 118 cm³/mol. The summed E-state index contributed by atoms with van der Waals surface area (Å²) in [4.78, 5) is 29.8. The summed E-state index contributed by atoms with van der Waals surface area (Å²) in [5.41, 5.74) is 3.31. The number of rotatable bonds is 3. The summed E-state index contributed by atoms with van der Waals surface area (Å²) in [6.07, 6.45) is 0.382. The maximum atomic E-state index is 15.1. The van der Waals surface area contributed by atoms with Crippen LogP contribution in [0.3, 0.4) is 0 Å². The molecular weight excluding hydrogens is 393 g/mol. The molecule has 0 fully saturated rings. The van der Waals surface area contributed by atoms with Gasteiger partial charge in [-0.25, -0.2) is 9.37 Å². The number of benzene rings is 3. The molecule has 3 aromatic carbocycles. The lowest BCUT2D eigenvalue weighted by atomic mass is 9.98. The van der Waals surface area contributed by atoms with Crippen molar-refractivity contribution in [2.24, 2.45) is 0 Å². The van der Waals surface area contributed by atoms with Gasteiger partial charge in [0.1, 0.15) is 0 Å². The average molecular weight is 411 g/mol. The summed E-state index contributed by atoms with van der Waals surface area (Å²) in [7, 11) is 0. The molecule has 5 rings (SSSR count). The van der Waals surface area contributed by atoms with Crippen LogP contribution in [0.2, 0.25) is 0 Å². The third-order valence-electron chi connectivity index (χ3n) is 5.43. The number of nitrogens with zero attached hydrogens (tertiary/aromatic N) is 1. The molecule has 0 bridgehead atoms. The zero-order valence-corrected chi connectivity index (χ0v) is 16.5. The Balaban J connectivity index is 1.57. The number of halogens is 1. The zero-order valence-electron chi connectivity index (χ0n) is 16.5. The van der Waals surface area contributed by atoms with Gasteiger partial charge in [-0.05, 0) is 30.7 Å². The molecule has 2 N–H and O–H groups in total. The van der Waals surface area contributed by atoms with Crippen LogP contribution in [-0.4, -0.2) is 23.3 Å². The summed E-state index contributed by atoms with van der Waals surface area (Å²) in [6.45, 7) is 0.371. The number of hydrogen-bond acceptors (Lipinski definition) is 3. The molecular formula is C25H18FN3O2. The Morgan fingerprint density at radius 1 is 1.00 bits per heavy atom. The minimum atomic E-state index is -0.567. The van der Waals surface area contributed by atoms with Crippen molar-refractivity contribution in [3.63, 3.8) is 0 Å². The number of carbonyl (C=O) groups is 2. The van der Waals surface area contributed by atoms with Gasteiger partial charge < -0.3 is 10.6 Å². The van der Waals surface area contributed by atoms with E-state index in [9.17, 15) is 9.59 Å². The molecule has 152 valence electrons. The Hall–Kier alpha value is -4.06. The van der Waals surface area contributed by atoms with Crippen LogP contribution >= 0.6 is 0 Å². The smallest absolute Gasteiger partial charge is 0.256 e. The summed E-state index contributed by atoms with van der Waals surface area (Å²) >= 11 is 0. The number of fused-ring (bicyclic) bond motifs is 2. The van der Waals surface area contributed by atoms with Crippen molar-refractivity contribution in [3.8, 4) is 11.3 Å². The molecule has 0 saturated heterocycles. The van der Waals surface area contributed by atoms with Gasteiger partial charge in [-0.3, -0.25) is 9.59 Å². The maximum Gasteiger partial charge on any atom is 0.256 e. The first-order valence-corrected chi connectivity index (χ1v) is 9.98. The number of nitrogens with one attached hydrogen (secondary N) is 2. The summed E-state index contributed by atoms with van der Waals surface area (Å²) in [5, 5.41) is 6.06. The van der Waals surface area contributed by atoms with Crippen LogP contribution in [0.1, 0.15) is 26.3 Å². The van der Waals surface area contributed by atoms with Gasteiger partial charge in [0.25, 0.3) is 11.8 Å². The van der Waals surface area contributed by atoms with Crippen molar-refractivity contribution >= 4 is 28.4 Å². The van der Waals surface area contributed by atoms with E-state index in [1.54, 1.807) is 12.1 Å². The highest BCUT2D eigenvalue weighted by Gasteiger charge is 2.23. The van der Waals surface area contributed by atoms with E-state index in [0.717, 1.165) is 5.56 Å². The topological polar surface area (TPSA) is 71.1 Å². The van der Waals surface area contributed by atoms with Gasteiger partial charge in [-0.2, -0.15) is 0 Å². The van der Waals surface area contributed by atoms with Crippen molar-refractivity contribution < 1.29 is 14.0 Å². The van der Waals surface area contributed by atoms with E-state index in [-0.39, 0.29) is 11.6 Å². The molecule has 1 aliphatic rings. The SMILES string of the molecule is O=C1NCCc2c1ccc(NC(=O)c1cc(-c3ccccc3)nc3ccccc13)c2F. The van der Waals surface area contributed by atoms with Crippen molar-refractivity contribution in [3.05, 3.63) is 95.3 Å². The maximum absolute atomic E-state index is 15.1. The van der Waals surface area contributed by atoms with Gasteiger partial charge in [-0.15, -0.1) is 0 Å². The van der Waals surface area contributed by atoms with Crippen LogP contribution in [0.25, 0.3) is 22.2 Å². The lowest BCUT2D eigenvalue weighted by Crippen LogP contribution is -2.32. The monoisotopic (exact) mass is 411 g/mol. The molecule has 4 aromatic rings. The van der Waals surface area contributed by atoms with Crippen LogP contribution in [0.4, 0.5) is 10.1 Å². The third kappa shape index (κ3) is 3.42. The van der Waals surface area contributed by atoms with Gasteiger partial charge in [0, 0.05) is 28.6 Å². The van der Waals surface area contributed by atoms with E-state index in [1.165, 1.54) is 6.07 Å². The second-order valence-electron chi connectivity index (χ2n) is 7.35. The molecule has 0 radical (unpaired) electrons. The number of amides is 2. The highest BCUT2D eigenvalue weighted by molar-refractivity contribution is 6.13. The highest BCUT2D eigenvalue weighted by Crippen LogP contribution is 2.28. The van der Waals surface area contributed by atoms with Crippen LogP contribution in [0.5, 0.6) is 0 Å². The Morgan fingerprint density at radius 3 is 2.61 bits per heavy atom. The molecule has 0 unspecified atom stereocenters. The molecule has 1 aromatic heterocycles. The summed E-state index contributed by atoms with van der Waals surface area (Å²) in [5.74, 6) is -1.30. The van der Waals surface area contributed by atoms with Crippen LogP contribution < -0.4 is 10.6 Å². The first-order chi connectivity index (χ1) is 15.1. The minimum Gasteiger partial charge on any atom is -0.352 e. The number of carbonyl (C=O) groups excluding carboxylic acids is 2. The fraction of sp³-hybridized carbons (Fsp3) is 0.0800. The van der Waals surface area contributed by atoms with Gasteiger partial charge in [-0.1, -0.05) is 48.5 Å². The van der Waals surface area contributed by atoms with Crippen molar-refractivity contribution in [2.75, 3.05) is 11.9 Å². The lowest BCUT2D eigenvalue weighted by molar-refractivity contribution is 0.0944. The first-order valence-electron chi connectivity index (χ1n) is 9.98. The molecule has 0 saturated carbocycles. The fourth-order valence-electron chi connectivity index (χ4n) is 3.88. The van der Waals surface area contributed by atoms with Crippen LogP contribution in [-0.2, 0) is 6.42 Å². The normalized spacial score (nSPS) is 12.9. The fourth-order valence-corrected chi connectivity index (χ4v) is 3.88. The number of aromatic nitrogens is 1. The van der Waals surface area contributed by atoms with Gasteiger partial charge in [0.2, 0.25) is 0 Å². The number of hydrogen-bond donors (Lipinski definition) is 2. The van der Waals surface area contributed by atoms with Crippen molar-refractivity contribution in [2.45, 2.75) is 6.42 Å². The van der Waals surface area contributed by atoms with Crippen molar-refractivity contribution in [1.82, 2.24) is 10.3 Å². The predicted octanol–water partition coefficient (Wildman–Crippen LogP) is 4.58. The second kappa shape index (κ2) is 7.65. The molecule has 2 amide bonds. The van der Waals surface area contributed by atoms with E-state index < -0.39 is 11.7 Å². The number of pyridine rings is 1. The summed E-state index contributed by atoms with van der Waals surface area (Å²) < 4.78 is 15.1. The number of para-hydroxylation sites is 1. The largest absolute Gasteiger partial charge is 0.352 e. The molecule has 2 heterocycles. The second-order valence-corrected chi connectivity index (χ2v) is 7.35. The van der Waals surface area contributed by atoms with E-state index in [0.29, 0.717) is 46.3 Å². The molecule has 0 atom stereocenters. The molecule has 31 heavy (non-hydrogen) atoms. The van der Waals surface area contributed by atoms with Gasteiger partial charge in [0.05, 0.1) is 22.5 Å². The Morgan fingerprint density at radius 2 is 1.77 bits per heavy atom. The van der Waals surface area contributed by atoms with E-state index in [4.69, 9.17) is 0 Å². The molecule has 1 aliphatic heterocycles. The zero-order chi connectivity index (χ0) is 21.4. The minimum absolute atomic E-state index is 0.0561. The first kappa shape index (κ1) is 18.9. The number of anilines is 1. The van der Waals surface area contributed by atoms with Crippen molar-refractivity contribution in [1.29, 1.82) is 0 Å². The lowest BCUT2D eigenvalue weighted by Gasteiger charge is -2.19. The van der Waals surface area contributed by atoms with Gasteiger partial charge in [0.15, 0.2) is 5.82 Å². The standard InChI is InChI=1S/C25H18FN3O2/c26-23-17-12-13-27-24(30)18(17)10-11-21(23)29-25(31)19-14-22(15-6-2-1-3-7-15)28-20-9-5-4-8-16(19)20/h1-11,14H,12-13H2,(H,27,30)(H,29,31). The van der Waals surface area contributed by atoms with Crippen LogP contribution in [0.15, 0.2) is 72.8 Å². The Labute approximate surface area is 177 Å². The third-order valence-corrected chi connectivity index (χ3v) is 5.43. The van der Waals surface area contributed by atoms with Crippen LogP contribution in [0, 0.1) is 5.82 Å². The van der Waals surface area contributed by atoms with E-state index >= 15 is 4.39 Å². The Kier molecular flexibility index (Phi) is 4.67. The van der Waals surface area contributed by atoms with E-state index in [2.05, 4.69) is 15.6 Å². The highest BCUT2D eigenvalue weighted by atomic mass is 19.1. The molecule has 0 aliphatic carbocycles. The van der Waals surface area contributed by atoms with E-state index in [1.807, 2.05) is 54.6 Å². The van der Waals surface area contributed by atoms with Gasteiger partial charge >= 0.3 is 0 Å². The quantitative estimate of drug-likeness (QED) is 0.518. The molecule has 0 spiro atoms. The Bertz CT molecular complexity index is 1340. The summed E-state index contributed by atoms with van der Waals surface area (Å²) in [6, 6.07) is 21.6.